The van der Waals surface area contributed by atoms with Crippen LogP contribution in [-0.2, 0) is 13.0 Å². The molecule has 28 heavy (non-hydrogen) atoms. The molecule has 0 unspecified atom stereocenters. The lowest BCUT2D eigenvalue weighted by molar-refractivity contribution is 0.294. The lowest BCUT2D eigenvalue weighted by Gasteiger charge is -2.39. The monoisotopic (exact) mass is 376 g/mol. The zero-order chi connectivity index (χ0) is 19.5. The molecular formula is C21H24N6O. The normalized spacial score (nSPS) is 19.5. The van der Waals surface area contributed by atoms with Gasteiger partial charge < -0.3 is 15.0 Å². The van der Waals surface area contributed by atoms with Crippen LogP contribution >= 0.6 is 0 Å². The van der Waals surface area contributed by atoms with E-state index in [9.17, 15) is 0 Å². The van der Waals surface area contributed by atoms with Gasteiger partial charge in [-0.05, 0) is 19.4 Å². The first-order chi connectivity index (χ1) is 13.6. The highest BCUT2D eigenvalue weighted by Crippen LogP contribution is 2.26. The number of piperazine rings is 1. The fourth-order valence-corrected chi connectivity index (χ4v) is 3.50. The minimum absolute atomic E-state index is 0.260. The van der Waals surface area contributed by atoms with E-state index in [0.717, 1.165) is 24.5 Å². The average Bonchev–Trinajstić information content (AvgIpc) is 3.11. The second-order valence-electron chi connectivity index (χ2n) is 7.28. The van der Waals surface area contributed by atoms with Gasteiger partial charge in [0, 0.05) is 37.3 Å². The van der Waals surface area contributed by atoms with Crippen molar-refractivity contribution in [3.8, 4) is 11.9 Å². The van der Waals surface area contributed by atoms with E-state index in [2.05, 4.69) is 40.2 Å². The third-order valence-corrected chi connectivity index (χ3v) is 4.98. The Balaban J connectivity index is 1.71. The molecule has 1 fully saturated rings. The van der Waals surface area contributed by atoms with Gasteiger partial charge in [-0.2, -0.15) is 19.9 Å². The number of hydrogen-bond donors (Lipinski definition) is 1. The molecule has 1 aliphatic rings. The number of rotatable bonds is 5. The number of ether oxygens (including phenoxy) is 1. The fraction of sp³-hybridized carbons (Fsp3) is 0.381. The van der Waals surface area contributed by atoms with Crippen LogP contribution in [0, 0.1) is 11.3 Å². The van der Waals surface area contributed by atoms with Crippen molar-refractivity contribution in [1.82, 2.24) is 19.9 Å². The van der Waals surface area contributed by atoms with Gasteiger partial charge in [-0.3, -0.25) is 0 Å². The molecule has 4 rings (SSSR count). The van der Waals surface area contributed by atoms with Crippen LogP contribution in [0.15, 0.2) is 42.5 Å². The number of aromatic nitrogens is 3. The fourth-order valence-electron chi connectivity index (χ4n) is 3.50. The number of nitriles is 1. The largest absolute Gasteiger partial charge is 0.473 e. The molecule has 2 aromatic heterocycles. The number of nitrogens with one attached hydrogen (secondary N) is 1. The van der Waals surface area contributed by atoms with E-state index in [-0.39, 0.29) is 6.42 Å². The molecule has 0 radical (unpaired) electrons. The van der Waals surface area contributed by atoms with Crippen molar-refractivity contribution in [3.63, 3.8) is 0 Å². The Morgan fingerprint density at radius 3 is 2.86 bits per heavy atom. The molecule has 1 saturated heterocycles. The van der Waals surface area contributed by atoms with Gasteiger partial charge in [-0.25, -0.2) is 0 Å². The summed E-state index contributed by atoms with van der Waals surface area (Å²) < 4.78 is 7.83. The van der Waals surface area contributed by atoms with Gasteiger partial charge in [0.15, 0.2) is 5.65 Å². The van der Waals surface area contributed by atoms with Gasteiger partial charge in [-0.15, -0.1) is 0 Å². The number of anilines is 1. The quantitative estimate of drug-likeness (QED) is 0.737. The second kappa shape index (κ2) is 7.87. The molecule has 0 bridgehead atoms. The van der Waals surface area contributed by atoms with Crippen LogP contribution in [-0.4, -0.2) is 39.8 Å². The zero-order valence-corrected chi connectivity index (χ0v) is 16.2. The Labute approximate surface area is 164 Å². The van der Waals surface area contributed by atoms with E-state index in [1.807, 2.05) is 47.0 Å². The Morgan fingerprint density at radius 2 is 2.07 bits per heavy atom. The molecule has 1 aliphatic heterocycles. The predicted octanol–water partition coefficient (Wildman–Crippen LogP) is 2.56. The van der Waals surface area contributed by atoms with Gasteiger partial charge in [0.05, 0.1) is 18.2 Å². The Kier molecular flexibility index (Phi) is 5.13. The first kappa shape index (κ1) is 18.3. The average molecular weight is 376 g/mol. The summed E-state index contributed by atoms with van der Waals surface area (Å²) in [4.78, 5) is 6.95. The Hall–Kier alpha value is -3.11. The van der Waals surface area contributed by atoms with Crippen LogP contribution < -0.4 is 15.0 Å². The highest BCUT2D eigenvalue weighted by atomic mass is 16.5. The summed E-state index contributed by atoms with van der Waals surface area (Å²) in [6.45, 7) is 6.59. The standard InChI is InChI=1S/C21H24N6O/c1-15-13-26(16(2)12-23-15)21-11-20(28-14-17-6-4-3-5-7-17)24-19-10-18(8-9-22)25-27(19)21/h3-7,10-11,15-16,23H,8,12-14H2,1-2H3/t15-,16+/m1/s1. The van der Waals surface area contributed by atoms with Crippen LogP contribution in [0.25, 0.3) is 5.65 Å². The third kappa shape index (κ3) is 3.78. The van der Waals surface area contributed by atoms with Gasteiger partial charge in [0.2, 0.25) is 5.88 Å². The number of hydrogen-bond acceptors (Lipinski definition) is 6. The maximum Gasteiger partial charge on any atom is 0.219 e. The van der Waals surface area contributed by atoms with E-state index in [4.69, 9.17) is 10.00 Å². The topological polar surface area (TPSA) is 78.5 Å². The zero-order valence-electron chi connectivity index (χ0n) is 16.2. The first-order valence-corrected chi connectivity index (χ1v) is 9.57. The lowest BCUT2D eigenvalue weighted by atomic mass is 10.1. The summed E-state index contributed by atoms with van der Waals surface area (Å²) in [6.07, 6.45) is 0.260. The summed E-state index contributed by atoms with van der Waals surface area (Å²) in [5.74, 6) is 1.51. The summed E-state index contributed by atoms with van der Waals surface area (Å²) in [5, 5.41) is 17.2. The number of nitrogens with zero attached hydrogens (tertiary/aromatic N) is 5. The molecule has 2 atom stereocenters. The Bertz CT molecular complexity index is 993. The van der Waals surface area contributed by atoms with E-state index < -0.39 is 0 Å². The molecule has 0 spiro atoms. The first-order valence-electron chi connectivity index (χ1n) is 9.57. The molecule has 3 aromatic rings. The van der Waals surface area contributed by atoms with Gasteiger partial charge in [0.25, 0.3) is 0 Å². The summed E-state index contributed by atoms with van der Waals surface area (Å²) in [7, 11) is 0. The van der Waals surface area contributed by atoms with Crippen molar-refractivity contribution in [2.24, 2.45) is 0 Å². The SMILES string of the molecule is C[C@@H]1CN(c2cc(OCc3ccccc3)nc3cc(CC#N)nn23)[C@@H](C)CN1. The van der Waals surface area contributed by atoms with Crippen molar-refractivity contribution in [3.05, 3.63) is 53.7 Å². The van der Waals surface area contributed by atoms with E-state index in [1.54, 1.807) is 0 Å². The van der Waals surface area contributed by atoms with E-state index in [1.165, 1.54) is 0 Å². The molecule has 1 N–H and O–H groups in total. The van der Waals surface area contributed by atoms with Crippen molar-refractivity contribution in [2.45, 2.75) is 39.0 Å². The van der Waals surface area contributed by atoms with Crippen LogP contribution in [0.4, 0.5) is 5.82 Å². The molecule has 7 nitrogen and oxygen atoms in total. The van der Waals surface area contributed by atoms with Crippen LogP contribution in [0.5, 0.6) is 5.88 Å². The molecule has 0 amide bonds. The van der Waals surface area contributed by atoms with Crippen molar-refractivity contribution < 1.29 is 4.74 Å². The summed E-state index contributed by atoms with van der Waals surface area (Å²) >= 11 is 0. The molecule has 1 aromatic carbocycles. The summed E-state index contributed by atoms with van der Waals surface area (Å²) in [6, 6.07) is 16.7. The van der Waals surface area contributed by atoms with E-state index in [0.29, 0.717) is 35.9 Å². The molecule has 0 aliphatic carbocycles. The highest BCUT2D eigenvalue weighted by Gasteiger charge is 2.26. The van der Waals surface area contributed by atoms with Gasteiger partial charge in [0.1, 0.15) is 12.4 Å². The third-order valence-electron chi connectivity index (χ3n) is 4.98. The number of fused-ring (bicyclic) bond motifs is 1. The van der Waals surface area contributed by atoms with Crippen LogP contribution in [0.1, 0.15) is 25.1 Å². The molecule has 144 valence electrons. The molecule has 0 saturated carbocycles. The van der Waals surface area contributed by atoms with Crippen molar-refractivity contribution in [2.75, 3.05) is 18.0 Å². The number of benzene rings is 1. The maximum absolute atomic E-state index is 9.04. The van der Waals surface area contributed by atoms with Crippen molar-refractivity contribution in [1.29, 1.82) is 5.26 Å². The molecular weight excluding hydrogens is 352 g/mol. The van der Waals surface area contributed by atoms with Gasteiger partial charge >= 0.3 is 0 Å². The van der Waals surface area contributed by atoms with E-state index >= 15 is 0 Å². The van der Waals surface area contributed by atoms with Crippen molar-refractivity contribution >= 4 is 11.5 Å². The minimum atomic E-state index is 0.260. The van der Waals surface area contributed by atoms with Crippen LogP contribution in [0.3, 0.4) is 0 Å². The van der Waals surface area contributed by atoms with Crippen LogP contribution in [0.2, 0.25) is 0 Å². The highest BCUT2D eigenvalue weighted by molar-refractivity contribution is 5.54. The summed E-state index contributed by atoms with van der Waals surface area (Å²) in [5.41, 5.74) is 2.50. The molecule has 7 heteroatoms. The predicted molar refractivity (Wildman–Crippen MR) is 107 cm³/mol. The smallest absolute Gasteiger partial charge is 0.219 e. The molecule has 3 heterocycles. The minimum Gasteiger partial charge on any atom is -0.473 e. The Morgan fingerprint density at radius 1 is 1.25 bits per heavy atom. The lowest BCUT2D eigenvalue weighted by Crippen LogP contribution is -2.55. The van der Waals surface area contributed by atoms with Gasteiger partial charge in [-0.1, -0.05) is 30.3 Å². The maximum atomic E-state index is 9.04. The second-order valence-corrected chi connectivity index (χ2v) is 7.28.